The molecule has 0 atom stereocenters. The Balaban J connectivity index is 1.65. The van der Waals surface area contributed by atoms with E-state index in [4.69, 9.17) is 4.74 Å². The summed E-state index contributed by atoms with van der Waals surface area (Å²) in [5.41, 5.74) is 1.53. The van der Waals surface area contributed by atoms with Crippen molar-refractivity contribution in [3.63, 3.8) is 0 Å². The Hall–Kier alpha value is -3.35. The van der Waals surface area contributed by atoms with Crippen molar-refractivity contribution in [1.82, 2.24) is 0 Å². The molecule has 2 aromatic rings. The maximum atomic E-state index is 14.4. The van der Waals surface area contributed by atoms with E-state index in [2.05, 4.69) is 15.0 Å². The molecule has 1 saturated heterocycles. The largest absolute Gasteiger partial charge is 0.497 e. The first kappa shape index (κ1) is 21.4. The van der Waals surface area contributed by atoms with Crippen LogP contribution in [0.2, 0.25) is 0 Å². The lowest BCUT2D eigenvalue weighted by molar-refractivity contribution is -0.134. The normalized spacial score (nSPS) is 14.6. The number of ether oxygens (including phenoxy) is 2. The zero-order valence-electron chi connectivity index (χ0n) is 17.1. The van der Waals surface area contributed by atoms with Gasteiger partial charge in [-0.05, 0) is 37.1 Å². The zero-order valence-corrected chi connectivity index (χ0v) is 17.1. The first-order valence-corrected chi connectivity index (χ1v) is 9.76. The van der Waals surface area contributed by atoms with Crippen molar-refractivity contribution in [3.8, 4) is 5.75 Å². The van der Waals surface area contributed by atoms with E-state index in [-0.39, 0.29) is 17.5 Å². The van der Waals surface area contributed by atoms with Gasteiger partial charge >= 0.3 is 5.97 Å². The van der Waals surface area contributed by atoms with Crippen molar-refractivity contribution in [3.05, 3.63) is 59.9 Å². The number of nitrogens with one attached hydrogen (secondary N) is 1. The number of para-hydroxylation sites is 1. The van der Waals surface area contributed by atoms with E-state index in [1.807, 2.05) is 24.3 Å². The van der Waals surface area contributed by atoms with Crippen LogP contribution in [0.5, 0.6) is 5.75 Å². The van der Waals surface area contributed by atoms with Gasteiger partial charge in [0, 0.05) is 42.4 Å². The molecule has 0 bridgehead atoms. The molecule has 0 radical (unpaired) electrons. The molecule has 7 heteroatoms. The maximum absolute atomic E-state index is 14.4. The molecule has 0 saturated carbocycles. The molecule has 1 aliphatic rings. The Morgan fingerprint density at radius 1 is 1.13 bits per heavy atom. The third-order valence-corrected chi connectivity index (χ3v) is 5.18. The fraction of sp³-hybridized carbons (Fsp3) is 0.304. The molecule has 2 aromatic carbocycles. The number of rotatable bonds is 6. The van der Waals surface area contributed by atoms with Crippen LogP contribution >= 0.6 is 0 Å². The SMILES string of the molecule is COC(=O)C=Cc1cccc(F)c1NC(=O)C1CCN(c2cccc(OC)c2)CC1. The molecular formula is C23H25FN2O4. The van der Waals surface area contributed by atoms with Gasteiger partial charge in [-0.25, -0.2) is 9.18 Å². The van der Waals surface area contributed by atoms with E-state index < -0.39 is 11.8 Å². The van der Waals surface area contributed by atoms with Crippen LogP contribution in [0.15, 0.2) is 48.5 Å². The molecule has 1 fully saturated rings. The summed E-state index contributed by atoms with van der Waals surface area (Å²) in [6.07, 6.45) is 3.93. The first-order valence-electron chi connectivity index (χ1n) is 9.76. The number of esters is 1. The van der Waals surface area contributed by atoms with E-state index in [0.29, 0.717) is 18.4 Å². The Morgan fingerprint density at radius 3 is 2.57 bits per heavy atom. The number of benzene rings is 2. The van der Waals surface area contributed by atoms with Crippen LogP contribution in [0.3, 0.4) is 0 Å². The lowest BCUT2D eigenvalue weighted by Crippen LogP contribution is -2.38. The van der Waals surface area contributed by atoms with Gasteiger partial charge in [-0.3, -0.25) is 4.79 Å². The van der Waals surface area contributed by atoms with Crippen molar-refractivity contribution in [2.24, 2.45) is 5.92 Å². The maximum Gasteiger partial charge on any atom is 0.330 e. The molecule has 3 rings (SSSR count). The summed E-state index contributed by atoms with van der Waals surface area (Å²) in [4.78, 5) is 26.3. The van der Waals surface area contributed by atoms with Gasteiger partial charge in [0.05, 0.1) is 19.9 Å². The molecule has 1 heterocycles. The summed E-state index contributed by atoms with van der Waals surface area (Å²) in [7, 11) is 2.89. The second kappa shape index (κ2) is 9.91. The fourth-order valence-corrected chi connectivity index (χ4v) is 3.47. The third-order valence-electron chi connectivity index (χ3n) is 5.18. The highest BCUT2D eigenvalue weighted by molar-refractivity contribution is 5.96. The number of piperidine rings is 1. The Kier molecular flexibility index (Phi) is 7.06. The molecule has 0 spiro atoms. The van der Waals surface area contributed by atoms with Gasteiger partial charge in [0.2, 0.25) is 5.91 Å². The quantitative estimate of drug-likeness (QED) is 0.576. The summed E-state index contributed by atoms with van der Waals surface area (Å²) in [5, 5.41) is 2.71. The fourth-order valence-electron chi connectivity index (χ4n) is 3.47. The van der Waals surface area contributed by atoms with Gasteiger partial charge in [0.1, 0.15) is 11.6 Å². The number of amides is 1. The van der Waals surface area contributed by atoms with Gasteiger partial charge in [0.15, 0.2) is 0 Å². The highest BCUT2D eigenvalue weighted by atomic mass is 19.1. The Bertz CT molecular complexity index is 937. The van der Waals surface area contributed by atoms with E-state index in [1.54, 1.807) is 13.2 Å². The van der Waals surface area contributed by atoms with Crippen molar-refractivity contribution < 1.29 is 23.5 Å². The summed E-state index contributed by atoms with van der Waals surface area (Å²) in [6, 6.07) is 12.2. The predicted molar refractivity (Wildman–Crippen MR) is 114 cm³/mol. The molecule has 6 nitrogen and oxygen atoms in total. The number of halogens is 1. The molecule has 1 amide bonds. The van der Waals surface area contributed by atoms with E-state index in [0.717, 1.165) is 24.5 Å². The average Bonchev–Trinajstić information content (AvgIpc) is 2.79. The summed E-state index contributed by atoms with van der Waals surface area (Å²) in [5.74, 6) is -0.757. The zero-order chi connectivity index (χ0) is 21.5. The van der Waals surface area contributed by atoms with Gasteiger partial charge in [-0.15, -0.1) is 0 Å². The van der Waals surface area contributed by atoms with Crippen LogP contribution in [-0.4, -0.2) is 39.2 Å². The topological polar surface area (TPSA) is 67.9 Å². The van der Waals surface area contributed by atoms with Gasteiger partial charge < -0.3 is 19.7 Å². The predicted octanol–water partition coefficient (Wildman–Crippen LogP) is 3.88. The van der Waals surface area contributed by atoms with E-state index in [1.165, 1.54) is 31.4 Å². The molecule has 0 unspecified atom stereocenters. The molecule has 0 aliphatic carbocycles. The van der Waals surface area contributed by atoms with Gasteiger partial charge in [-0.1, -0.05) is 18.2 Å². The second-order valence-corrected chi connectivity index (χ2v) is 7.01. The number of anilines is 2. The highest BCUT2D eigenvalue weighted by Crippen LogP contribution is 2.28. The van der Waals surface area contributed by atoms with Crippen molar-refractivity contribution >= 4 is 29.3 Å². The van der Waals surface area contributed by atoms with Crippen LogP contribution in [0, 0.1) is 11.7 Å². The number of nitrogens with zero attached hydrogens (tertiary/aromatic N) is 1. The van der Waals surface area contributed by atoms with E-state index in [9.17, 15) is 14.0 Å². The molecule has 30 heavy (non-hydrogen) atoms. The summed E-state index contributed by atoms with van der Waals surface area (Å²) >= 11 is 0. The van der Waals surface area contributed by atoms with Crippen LogP contribution in [-0.2, 0) is 14.3 Å². The monoisotopic (exact) mass is 412 g/mol. The number of hydrogen-bond donors (Lipinski definition) is 1. The minimum absolute atomic E-state index is 0.0675. The van der Waals surface area contributed by atoms with Crippen LogP contribution in [0.25, 0.3) is 6.08 Å². The lowest BCUT2D eigenvalue weighted by atomic mass is 9.95. The first-order chi connectivity index (χ1) is 14.5. The molecular weight excluding hydrogens is 387 g/mol. The smallest absolute Gasteiger partial charge is 0.330 e. The molecule has 0 aromatic heterocycles. The second-order valence-electron chi connectivity index (χ2n) is 7.01. The molecule has 1 aliphatic heterocycles. The third kappa shape index (κ3) is 5.17. The minimum atomic E-state index is -0.554. The van der Waals surface area contributed by atoms with Crippen molar-refractivity contribution in [1.29, 1.82) is 0 Å². The lowest BCUT2D eigenvalue weighted by Gasteiger charge is -2.33. The van der Waals surface area contributed by atoms with Crippen LogP contribution in [0.4, 0.5) is 15.8 Å². The van der Waals surface area contributed by atoms with E-state index >= 15 is 0 Å². The van der Waals surface area contributed by atoms with Crippen LogP contribution in [0.1, 0.15) is 18.4 Å². The minimum Gasteiger partial charge on any atom is -0.497 e. The summed E-state index contributed by atoms with van der Waals surface area (Å²) in [6.45, 7) is 1.44. The summed E-state index contributed by atoms with van der Waals surface area (Å²) < 4.78 is 24.2. The number of carbonyl (C=O) groups excluding carboxylic acids is 2. The number of hydrogen-bond acceptors (Lipinski definition) is 5. The van der Waals surface area contributed by atoms with Crippen LogP contribution < -0.4 is 15.0 Å². The molecule has 1 N–H and O–H groups in total. The van der Waals surface area contributed by atoms with Gasteiger partial charge in [0.25, 0.3) is 0 Å². The standard InChI is InChI=1S/C23H25FN2O4/c1-29-19-7-4-6-18(15-19)26-13-11-17(12-14-26)23(28)25-22-16(5-3-8-20(22)24)9-10-21(27)30-2/h3-10,15,17H,11-14H2,1-2H3,(H,25,28). The van der Waals surface area contributed by atoms with Crippen molar-refractivity contribution in [2.75, 3.05) is 37.5 Å². The molecule has 158 valence electrons. The van der Waals surface area contributed by atoms with Gasteiger partial charge in [-0.2, -0.15) is 0 Å². The number of carbonyl (C=O) groups is 2. The Labute approximate surface area is 175 Å². The number of methoxy groups -OCH3 is 2. The Morgan fingerprint density at radius 2 is 1.87 bits per heavy atom. The highest BCUT2D eigenvalue weighted by Gasteiger charge is 2.26. The average molecular weight is 412 g/mol. The van der Waals surface area contributed by atoms with Crippen molar-refractivity contribution in [2.45, 2.75) is 12.8 Å².